The van der Waals surface area contributed by atoms with Crippen molar-refractivity contribution in [1.29, 1.82) is 0 Å². The maximum Gasteiger partial charge on any atom is 0.415 e. The quantitative estimate of drug-likeness (QED) is 0.701. The molecule has 1 aromatic heterocycles. The molecule has 1 aliphatic rings. The van der Waals surface area contributed by atoms with Crippen molar-refractivity contribution in [3.05, 3.63) is 46.8 Å². The van der Waals surface area contributed by atoms with Gasteiger partial charge in [-0.05, 0) is 48.9 Å². The normalized spacial score (nSPS) is 16.3. The maximum atomic E-state index is 12.0. The Morgan fingerprint density at radius 3 is 2.78 bits per heavy atom. The van der Waals surface area contributed by atoms with Gasteiger partial charge < -0.3 is 14.8 Å². The summed E-state index contributed by atoms with van der Waals surface area (Å²) in [5.74, 6) is 0.829. The average Bonchev–Trinajstić information content (AvgIpc) is 3.28. The number of hydrogen-bond acceptors (Lipinski definition) is 5. The molecule has 27 heavy (non-hydrogen) atoms. The third kappa shape index (κ3) is 5.01. The van der Waals surface area contributed by atoms with Crippen LogP contribution in [0.4, 0.5) is 9.80 Å². The van der Waals surface area contributed by atoms with Crippen molar-refractivity contribution in [2.45, 2.75) is 32.8 Å². The van der Waals surface area contributed by atoms with Crippen LogP contribution in [0.1, 0.15) is 24.0 Å². The SMILES string of the molecule is Cc1cccc(C)c1OCCCC(=O)NCC1CN(c2cccs2)C(=O)O1. The number of aryl methyl sites for hydroxylation is 2. The van der Waals surface area contributed by atoms with Gasteiger partial charge in [0.15, 0.2) is 0 Å². The van der Waals surface area contributed by atoms with E-state index < -0.39 is 0 Å². The molecule has 2 aromatic rings. The minimum Gasteiger partial charge on any atom is -0.493 e. The molecular weight excluding hydrogens is 364 g/mol. The maximum absolute atomic E-state index is 12.0. The molecular formula is C20H24N2O4S. The van der Waals surface area contributed by atoms with E-state index >= 15 is 0 Å². The second-order valence-corrected chi connectivity index (χ2v) is 7.47. The monoisotopic (exact) mass is 388 g/mol. The minimum absolute atomic E-state index is 0.0641. The highest BCUT2D eigenvalue weighted by Gasteiger charge is 2.32. The van der Waals surface area contributed by atoms with Crippen molar-refractivity contribution in [2.75, 3.05) is 24.6 Å². The summed E-state index contributed by atoms with van der Waals surface area (Å²) in [5, 5.41) is 5.61. The molecule has 1 atom stereocenters. The number of anilines is 1. The van der Waals surface area contributed by atoms with Crippen LogP contribution < -0.4 is 15.0 Å². The van der Waals surface area contributed by atoms with Gasteiger partial charge in [-0.3, -0.25) is 9.69 Å². The van der Waals surface area contributed by atoms with Gasteiger partial charge in [0.25, 0.3) is 0 Å². The minimum atomic E-state index is -0.362. The van der Waals surface area contributed by atoms with Crippen molar-refractivity contribution >= 4 is 28.3 Å². The molecule has 1 aliphatic heterocycles. The number of ether oxygens (including phenoxy) is 2. The first-order chi connectivity index (χ1) is 13.0. The molecule has 2 heterocycles. The molecule has 1 saturated heterocycles. The summed E-state index contributed by atoms with van der Waals surface area (Å²) in [6.07, 6.45) is 0.319. The van der Waals surface area contributed by atoms with Gasteiger partial charge in [-0.1, -0.05) is 18.2 Å². The van der Waals surface area contributed by atoms with Crippen LogP contribution in [0.25, 0.3) is 0 Å². The van der Waals surface area contributed by atoms with Crippen LogP contribution in [0, 0.1) is 13.8 Å². The van der Waals surface area contributed by atoms with Gasteiger partial charge in [-0.25, -0.2) is 4.79 Å². The van der Waals surface area contributed by atoms with E-state index in [1.165, 1.54) is 11.3 Å². The van der Waals surface area contributed by atoms with Gasteiger partial charge in [-0.15, -0.1) is 11.3 Å². The van der Waals surface area contributed by atoms with Crippen molar-refractivity contribution in [1.82, 2.24) is 5.32 Å². The Morgan fingerprint density at radius 1 is 1.30 bits per heavy atom. The van der Waals surface area contributed by atoms with Gasteiger partial charge in [-0.2, -0.15) is 0 Å². The molecule has 0 saturated carbocycles. The van der Waals surface area contributed by atoms with Crippen molar-refractivity contribution in [3.63, 3.8) is 0 Å². The molecule has 6 nitrogen and oxygen atoms in total. The fourth-order valence-electron chi connectivity index (χ4n) is 2.98. The molecule has 0 bridgehead atoms. The lowest BCUT2D eigenvalue weighted by Crippen LogP contribution is -2.34. The molecule has 3 rings (SSSR count). The molecule has 144 valence electrons. The Labute approximate surface area is 163 Å². The number of thiophene rings is 1. The fraction of sp³-hybridized carbons (Fsp3) is 0.400. The van der Waals surface area contributed by atoms with E-state index in [4.69, 9.17) is 9.47 Å². The topological polar surface area (TPSA) is 67.9 Å². The van der Waals surface area contributed by atoms with Crippen LogP contribution in [0.3, 0.4) is 0 Å². The number of amides is 2. The molecule has 1 N–H and O–H groups in total. The first-order valence-corrected chi connectivity index (χ1v) is 9.90. The molecule has 1 aromatic carbocycles. The van der Waals surface area contributed by atoms with Crippen molar-refractivity contribution < 1.29 is 19.1 Å². The van der Waals surface area contributed by atoms with E-state index in [1.807, 2.05) is 49.6 Å². The number of nitrogens with one attached hydrogen (secondary N) is 1. The molecule has 1 unspecified atom stereocenters. The summed E-state index contributed by atoms with van der Waals surface area (Å²) >= 11 is 1.49. The molecule has 1 fully saturated rings. The second-order valence-electron chi connectivity index (χ2n) is 6.54. The largest absolute Gasteiger partial charge is 0.493 e. The summed E-state index contributed by atoms with van der Waals surface area (Å²) < 4.78 is 11.1. The third-order valence-corrected chi connectivity index (χ3v) is 5.27. The predicted octanol–water partition coefficient (Wildman–Crippen LogP) is 3.67. The van der Waals surface area contributed by atoms with E-state index in [9.17, 15) is 9.59 Å². The third-order valence-electron chi connectivity index (χ3n) is 4.38. The van der Waals surface area contributed by atoms with Crippen LogP contribution in [0.5, 0.6) is 5.75 Å². The van der Waals surface area contributed by atoms with Gasteiger partial charge in [0.1, 0.15) is 16.9 Å². The molecule has 0 aliphatic carbocycles. The highest BCUT2D eigenvalue weighted by Crippen LogP contribution is 2.26. The lowest BCUT2D eigenvalue weighted by molar-refractivity contribution is -0.121. The predicted molar refractivity (Wildman–Crippen MR) is 106 cm³/mol. The van der Waals surface area contributed by atoms with E-state index in [-0.39, 0.29) is 18.1 Å². The number of carbonyl (C=O) groups excluding carboxylic acids is 2. The number of cyclic esters (lactones) is 1. The Morgan fingerprint density at radius 2 is 2.07 bits per heavy atom. The van der Waals surface area contributed by atoms with E-state index in [2.05, 4.69) is 5.32 Å². The number of hydrogen-bond donors (Lipinski definition) is 1. The molecule has 0 spiro atoms. The zero-order valence-electron chi connectivity index (χ0n) is 15.6. The van der Waals surface area contributed by atoms with Gasteiger partial charge >= 0.3 is 6.09 Å². The van der Waals surface area contributed by atoms with E-state index in [1.54, 1.807) is 4.90 Å². The van der Waals surface area contributed by atoms with Gasteiger partial charge in [0, 0.05) is 6.42 Å². The number of carbonyl (C=O) groups is 2. The highest BCUT2D eigenvalue weighted by atomic mass is 32.1. The lowest BCUT2D eigenvalue weighted by Gasteiger charge is -2.12. The van der Waals surface area contributed by atoms with Crippen LogP contribution >= 0.6 is 11.3 Å². The second kappa shape index (κ2) is 8.90. The molecule has 7 heteroatoms. The van der Waals surface area contributed by atoms with Crippen LogP contribution in [0.15, 0.2) is 35.7 Å². The Balaban J connectivity index is 1.35. The smallest absolute Gasteiger partial charge is 0.415 e. The summed E-state index contributed by atoms with van der Waals surface area (Å²) in [4.78, 5) is 25.5. The number of para-hydroxylation sites is 1. The van der Waals surface area contributed by atoms with Gasteiger partial charge in [0.2, 0.25) is 5.91 Å². The first kappa shape index (κ1) is 19.2. The van der Waals surface area contributed by atoms with Crippen LogP contribution in [-0.4, -0.2) is 37.8 Å². The lowest BCUT2D eigenvalue weighted by atomic mass is 10.1. The van der Waals surface area contributed by atoms with Crippen molar-refractivity contribution in [2.24, 2.45) is 0 Å². The number of benzene rings is 1. The average molecular weight is 388 g/mol. The summed E-state index contributed by atoms with van der Waals surface area (Å²) in [7, 11) is 0. The molecule has 0 radical (unpaired) electrons. The van der Waals surface area contributed by atoms with Gasteiger partial charge in [0.05, 0.1) is 19.7 Å². The summed E-state index contributed by atoms with van der Waals surface area (Å²) in [6.45, 7) is 5.29. The van der Waals surface area contributed by atoms with E-state index in [0.29, 0.717) is 32.5 Å². The standard InChI is InChI=1S/C20H24N2O4S/c1-14-6-3-7-15(2)19(14)25-10-4-8-17(23)21-12-16-13-22(20(24)26-16)18-9-5-11-27-18/h3,5-7,9,11,16H,4,8,10,12-13H2,1-2H3,(H,21,23). The Kier molecular flexibility index (Phi) is 6.34. The Hall–Kier alpha value is -2.54. The van der Waals surface area contributed by atoms with E-state index in [0.717, 1.165) is 21.9 Å². The number of rotatable bonds is 8. The van der Waals surface area contributed by atoms with Crippen LogP contribution in [-0.2, 0) is 9.53 Å². The number of nitrogens with zero attached hydrogens (tertiary/aromatic N) is 1. The first-order valence-electron chi connectivity index (χ1n) is 9.02. The summed E-state index contributed by atoms with van der Waals surface area (Å²) in [6, 6.07) is 9.79. The summed E-state index contributed by atoms with van der Waals surface area (Å²) in [5.41, 5.74) is 2.19. The highest BCUT2D eigenvalue weighted by molar-refractivity contribution is 7.14. The zero-order valence-corrected chi connectivity index (χ0v) is 16.4. The molecule has 2 amide bonds. The van der Waals surface area contributed by atoms with Crippen molar-refractivity contribution in [3.8, 4) is 5.75 Å². The van der Waals surface area contributed by atoms with Crippen LogP contribution in [0.2, 0.25) is 0 Å². The Bertz CT molecular complexity index is 771. The zero-order chi connectivity index (χ0) is 19.2. The fourth-order valence-corrected chi connectivity index (χ4v) is 3.71.